The van der Waals surface area contributed by atoms with Crippen LogP contribution in [0, 0.1) is 5.92 Å². The summed E-state index contributed by atoms with van der Waals surface area (Å²) in [5.74, 6) is 1.44. The molecule has 2 aromatic rings. The molecule has 1 saturated heterocycles. The Balaban J connectivity index is 1.25. The fourth-order valence-corrected chi connectivity index (χ4v) is 3.66. The predicted molar refractivity (Wildman–Crippen MR) is 104 cm³/mol. The van der Waals surface area contributed by atoms with Crippen LogP contribution in [0.1, 0.15) is 17.5 Å². The maximum absolute atomic E-state index is 12.1. The van der Waals surface area contributed by atoms with Crippen LogP contribution in [0.25, 0.3) is 6.08 Å². The zero-order chi connectivity index (χ0) is 17.8. The van der Waals surface area contributed by atoms with Gasteiger partial charge < -0.3 is 15.0 Å². The molecular weight excluding hydrogens is 324 g/mol. The Morgan fingerprint density at radius 1 is 1.23 bits per heavy atom. The van der Waals surface area contributed by atoms with Crippen LogP contribution >= 0.6 is 0 Å². The van der Waals surface area contributed by atoms with Gasteiger partial charge in [0.2, 0.25) is 5.91 Å². The van der Waals surface area contributed by atoms with Crippen molar-refractivity contribution in [2.75, 3.05) is 31.1 Å². The van der Waals surface area contributed by atoms with Crippen LogP contribution < -0.4 is 15.0 Å². The third kappa shape index (κ3) is 3.90. The molecule has 1 atom stereocenters. The monoisotopic (exact) mass is 348 g/mol. The Hall–Kier alpha value is -2.75. The number of nitrogens with one attached hydrogen (secondary N) is 1. The molecule has 134 valence electrons. The summed E-state index contributed by atoms with van der Waals surface area (Å²) in [6.07, 6.45) is 5.56. The van der Waals surface area contributed by atoms with Gasteiger partial charge in [-0.3, -0.25) is 4.79 Å². The molecule has 1 N–H and O–H groups in total. The number of amides is 1. The Morgan fingerprint density at radius 3 is 3.00 bits per heavy atom. The fraction of sp³-hybridized carbons (Fsp3) is 0.318. The van der Waals surface area contributed by atoms with E-state index in [1.54, 1.807) is 6.08 Å². The number of rotatable bonds is 5. The van der Waals surface area contributed by atoms with E-state index in [-0.39, 0.29) is 5.91 Å². The molecule has 1 amide bonds. The molecule has 0 saturated carbocycles. The highest BCUT2D eigenvalue weighted by molar-refractivity contribution is 5.91. The van der Waals surface area contributed by atoms with Crippen molar-refractivity contribution in [3.8, 4) is 5.75 Å². The molecule has 0 spiro atoms. The van der Waals surface area contributed by atoms with Gasteiger partial charge in [-0.25, -0.2) is 0 Å². The molecule has 0 aromatic heterocycles. The molecule has 4 nitrogen and oxygen atoms in total. The zero-order valence-electron chi connectivity index (χ0n) is 14.9. The van der Waals surface area contributed by atoms with Crippen LogP contribution in [-0.2, 0) is 11.2 Å². The van der Waals surface area contributed by atoms with Crippen molar-refractivity contribution in [3.63, 3.8) is 0 Å². The topological polar surface area (TPSA) is 41.6 Å². The van der Waals surface area contributed by atoms with E-state index in [0.717, 1.165) is 50.4 Å². The Kier molecular flexibility index (Phi) is 4.91. The van der Waals surface area contributed by atoms with Gasteiger partial charge in [0, 0.05) is 37.8 Å². The highest BCUT2D eigenvalue weighted by Gasteiger charge is 2.22. The highest BCUT2D eigenvalue weighted by Crippen LogP contribution is 2.26. The smallest absolute Gasteiger partial charge is 0.244 e. The van der Waals surface area contributed by atoms with E-state index in [9.17, 15) is 4.79 Å². The van der Waals surface area contributed by atoms with Gasteiger partial charge >= 0.3 is 0 Å². The van der Waals surface area contributed by atoms with Crippen LogP contribution in [0.2, 0.25) is 0 Å². The first-order valence-electron chi connectivity index (χ1n) is 9.29. The molecule has 0 radical (unpaired) electrons. The molecule has 4 heteroatoms. The van der Waals surface area contributed by atoms with E-state index in [4.69, 9.17) is 4.74 Å². The molecule has 2 aliphatic rings. The maximum atomic E-state index is 12.1. The van der Waals surface area contributed by atoms with Crippen molar-refractivity contribution in [2.45, 2.75) is 12.8 Å². The number of hydrogen-bond acceptors (Lipinski definition) is 3. The number of fused-ring (bicyclic) bond motifs is 1. The van der Waals surface area contributed by atoms with E-state index in [1.165, 1.54) is 11.3 Å². The van der Waals surface area contributed by atoms with Gasteiger partial charge in [0.25, 0.3) is 0 Å². The molecule has 2 heterocycles. The summed E-state index contributed by atoms with van der Waals surface area (Å²) < 4.78 is 5.51. The van der Waals surface area contributed by atoms with Crippen molar-refractivity contribution < 1.29 is 9.53 Å². The predicted octanol–water partition coefficient (Wildman–Crippen LogP) is 3.28. The second-order valence-electron chi connectivity index (χ2n) is 6.98. The Labute approximate surface area is 154 Å². The number of carbonyl (C=O) groups excluding carboxylic acids is 1. The number of para-hydroxylation sites is 1. The van der Waals surface area contributed by atoms with Crippen LogP contribution in [0.15, 0.2) is 54.6 Å². The van der Waals surface area contributed by atoms with Crippen LogP contribution in [-0.4, -0.2) is 32.1 Å². The minimum atomic E-state index is -0.0279. The minimum Gasteiger partial charge on any atom is -0.493 e. The van der Waals surface area contributed by atoms with Crippen molar-refractivity contribution in [2.24, 2.45) is 5.92 Å². The van der Waals surface area contributed by atoms with Gasteiger partial charge in [-0.15, -0.1) is 0 Å². The molecule has 4 rings (SSSR count). The summed E-state index contributed by atoms with van der Waals surface area (Å²) in [4.78, 5) is 14.5. The number of hydrogen-bond donors (Lipinski definition) is 1. The molecule has 0 unspecified atom stereocenters. The van der Waals surface area contributed by atoms with E-state index < -0.39 is 0 Å². The van der Waals surface area contributed by atoms with Crippen molar-refractivity contribution in [1.29, 1.82) is 0 Å². The van der Waals surface area contributed by atoms with Crippen LogP contribution in [0.5, 0.6) is 5.75 Å². The van der Waals surface area contributed by atoms with E-state index >= 15 is 0 Å². The maximum Gasteiger partial charge on any atom is 0.244 e. The Bertz CT molecular complexity index is 801. The number of nitrogens with zero attached hydrogens (tertiary/aromatic N) is 1. The molecular formula is C22H24N2O2. The van der Waals surface area contributed by atoms with Crippen LogP contribution in [0.3, 0.4) is 0 Å². The highest BCUT2D eigenvalue weighted by atomic mass is 16.5. The standard InChI is InChI=1S/C22H24N2O2/c25-22(9-7-17-6-8-21-19(14-17)11-13-26-21)23-15-18-10-12-24(16-18)20-4-2-1-3-5-20/h1-9,14,18H,10-13,15-16H2,(H,23,25)/b9-7+/t18-/m1/s1. The fourth-order valence-electron chi connectivity index (χ4n) is 3.66. The van der Waals surface area contributed by atoms with Gasteiger partial charge in [-0.05, 0) is 53.8 Å². The lowest BCUT2D eigenvalue weighted by atomic mass is 10.1. The van der Waals surface area contributed by atoms with Crippen LogP contribution in [0.4, 0.5) is 5.69 Å². The van der Waals surface area contributed by atoms with E-state index in [0.29, 0.717) is 5.92 Å². The number of anilines is 1. The van der Waals surface area contributed by atoms with Gasteiger partial charge in [-0.2, -0.15) is 0 Å². The average molecular weight is 348 g/mol. The van der Waals surface area contributed by atoms with Gasteiger partial charge in [0.15, 0.2) is 0 Å². The second-order valence-corrected chi connectivity index (χ2v) is 6.98. The lowest BCUT2D eigenvalue weighted by Crippen LogP contribution is -2.29. The lowest BCUT2D eigenvalue weighted by molar-refractivity contribution is -0.116. The zero-order valence-corrected chi connectivity index (χ0v) is 14.9. The summed E-state index contributed by atoms with van der Waals surface area (Å²) in [6.45, 7) is 3.53. The number of carbonyl (C=O) groups is 1. The normalized spacial score (nSPS) is 18.8. The summed E-state index contributed by atoms with van der Waals surface area (Å²) in [6, 6.07) is 16.5. The number of benzene rings is 2. The van der Waals surface area contributed by atoms with Crippen molar-refractivity contribution in [1.82, 2.24) is 5.32 Å². The first-order chi connectivity index (χ1) is 12.8. The van der Waals surface area contributed by atoms with Gasteiger partial charge in [0.1, 0.15) is 5.75 Å². The summed E-state index contributed by atoms with van der Waals surface area (Å²) >= 11 is 0. The lowest BCUT2D eigenvalue weighted by Gasteiger charge is -2.18. The average Bonchev–Trinajstić information content (AvgIpc) is 3.34. The molecule has 0 bridgehead atoms. The Morgan fingerprint density at radius 2 is 2.12 bits per heavy atom. The quantitative estimate of drug-likeness (QED) is 0.843. The van der Waals surface area contributed by atoms with Gasteiger partial charge in [-0.1, -0.05) is 24.3 Å². The minimum absolute atomic E-state index is 0.0279. The molecule has 1 fully saturated rings. The molecule has 0 aliphatic carbocycles. The second kappa shape index (κ2) is 7.65. The first kappa shape index (κ1) is 16.7. The first-order valence-corrected chi connectivity index (χ1v) is 9.29. The molecule has 2 aliphatic heterocycles. The third-order valence-electron chi connectivity index (χ3n) is 5.11. The largest absolute Gasteiger partial charge is 0.493 e. The van der Waals surface area contributed by atoms with Crippen molar-refractivity contribution in [3.05, 3.63) is 65.7 Å². The summed E-state index contributed by atoms with van der Waals surface area (Å²) in [7, 11) is 0. The third-order valence-corrected chi connectivity index (χ3v) is 5.11. The van der Waals surface area contributed by atoms with Gasteiger partial charge in [0.05, 0.1) is 6.61 Å². The SMILES string of the molecule is O=C(/C=C/c1ccc2c(c1)CCO2)NC[C@H]1CCN(c2ccccc2)C1. The van der Waals surface area contributed by atoms with Crippen molar-refractivity contribution >= 4 is 17.7 Å². The summed E-state index contributed by atoms with van der Waals surface area (Å²) in [5, 5.41) is 3.04. The summed E-state index contributed by atoms with van der Waals surface area (Å²) in [5.41, 5.74) is 3.53. The van der Waals surface area contributed by atoms with E-state index in [2.05, 4.69) is 40.5 Å². The molecule has 2 aromatic carbocycles. The number of ether oxygens (including phenoxy) is 1. The molecule has 26 heavy (non-hydrogen) atoms. The van der Waals surface area contributed by atoms with E-state index in [1.807, 2.05) is 24.3 Å².